The molecule has 1 fully saturated rings. The molecule has 1 heterocycles. The quantitative estimate of drug-likeness (QED) is 0.777. The van der Waals surface area contributed by atoms with Crippen molar-refractivity contribution in [3.05, 3.63) is 0 Å². The van der Waals surface area contributed by atoms with Gasteiger partial charge in [-0.1, -0.05) is 13.8 Å². The number of hydrogen-bond donors (Lipinski definition) is 1. The highest BCUT2D eigenvalue weighted by molar-refractivity contribution is 6.19. The first-order valence-electron chi connectivity index (χ1n) is 6.22. The van der Waals surface area contributed by atoms with Gasteiger partial charge in [0.15, 0.2) is 0 Å². The molecule has 0 aliphatic carbocycles. The third-order valence-corrected chi connectivity index (χ3v) is 3.61. The summed E-state index contributed by atoms with van der Waals surface area (Å²) >= 11 is 5.68. The van der Waals surface area contributed by atoms with E-state index in [1.165, 1.54) is 0 Å². The van der Waals surface area contributed by atoms with Gasteiger partial charge in [-0.2, -0.15) is 0 Å². The summed E-state index contributed by atoms with van der Waals surface area (Å²) in [5, 5.41) is 2.97. The van der Waals surface area contributed by atoms with Crippen LogP contribution in [0.3, 0.4) is 0 Å². The molecule has 98 valence electrons. The predicted molar refractivity (Wildman–Crippen MR) is 67.9 cm³/mol. The van der Waals surface area contributed by atoms with Gasteiger partial charge >= 0.3 is 0 Å². The predicted octanol–water partition coefficient (Wildman–Crippen LogP) is 1.38. The smallest absolute Gasteiger partial charge is 0.226 e. The van der Waals surface area contributed by atoms with Crippen molar-refractivity contribution < 1.29 is 9.59 Å². The van der Waals surface area contributed by atoms with Crippen LogP contribution >= 0.6 is 11.6 Å². The van der Waals surface area contributed by atoms with Crippen molar-refractivity contribution in [2.24, 2.45) is 5.92 Å². The Balaban J connectivity index is 2.35. The Morgan fingerprint density at radius 2 is 2.00 bits per heavy atom. The summed E-state index contributed by atoms with van der Waals surface area (Å²) in [5.74, 6) is 0.466. The maximum atomic E-state index is 11.9. The maximum absolute atomic E-state index is 11.9. The lowest BCUT2D eigenvalue weighted by Crippen LogP contribution is -2.47. The number of likely N-dealkylation sites (tertiary alicyclic amines) is 1. The summed E-state index contributed by atoms with van der Waals surface area (Å²) in [5.41, 5.74) is 0. The highest BCUT2D eigenvalue weighted by atomic mass is 35.5. The van der Waals surface area contributed by atoms with E-state index in [2.05, 4.69) is 5.32 Å². The Kier molecular flexibility index (Phi) is 5.75. The summed E-state index contributed by atoms with van der Waals surface area (Å²) < 4.78 is 0. The van der Waals surface area contributed by atoms with E-state index in [9.17, 15) is 9.59 Å². The number of amides is 2. The normalized spacial score (nSPS) is 18.9. The van der Waals surface area contributed by atoms with Gasteiger partial charge in [0.1, 0.15) is 0 Å². The van der Waals surface area contributed by atoms with Gasteiger partial charge in [0.05, 0.1) is 0 Å². The number of alkyl halides is 1. The van der Waals surface area contributed by atoms with Crippen molar-refractivity contribution in [1.82, 2.24) is 10.2 Å². The van der Waals surface area contributed by atoms with Gasteiger partial charge in [0.2, 0.25) is 11.8 Å². The average molecular weight is 261 g/mol. The van der Waals surface area contributed by atoms with Crippen LogP contribution in [0.25, 0.3) is 0 Å². The summed E-state index contributed by atoms with van der Waals surface area (Å²) in [6, 6.07) is 0.220. The molecule has 4 nitrogen and oxygen atoms in total. The van der Waals surface area contributed by atoms with Crippen LogP contribution < -0.4 is 5.32 Å². The highest BCUT2D eigenvalue weighted by Gasteiger charge is 2.25. The standard InChI is InChI=1S/C12H21ClN2O2/c1-3-11(16)14-10-4-6-15(7-5-10)12(17)9(2)8-13/h9-10H,3-8H2,1-2H3,(H,14,16). The van der Waals surface area contributed by atoms with E-state index in [1.54, 1.807) is 0 Å². The zero-order chi connectivity index (χ0) is 12.8. The Labute approximate surface area is 108 Å². The maximum Gasteiger partial charge on any atom is 0.226 e. The van der Waals surface area contributed by atoms with Crippen LogP contribution in [0.15, 0.2) is 0 Å². The first kappa shape index (κ1) is 14.3. The zero-order valence-corrected chi connectivity index (χ0v) is 11.3. The zero-order valence-electron chi connectivity index (χ0n) is 10.5. The van der Waals surface area contributed by atoms with Gasteiger partial charge in [-0.3, -0.25) is 9.59 Å². The van der Waals surface area contributed by atoms with Gasteiger partial charge in [0.25, 0.3) is 0 Å². The molecule has 0 aromatic carbocycles. The van der Waals surface area contributed by atoms with Crippen molar-refractivity contribution in [3.63, 3.8) is 0 Å². The molecule has 1 aliphatic heterocycles. The van der Waals surface area contributed by atoms with Crippen LogP contribution in [0, 0.1) is 5.92 Å². The lowest BCUT2D eigenvalue weighted by atomic mass is 10.0. The molecule has 0 aromatic rings. The molecule has 0 bridgehead atoms. The summed E-state index contributed by atoms with van der Waals surface area (Å²) in [6.07, 6.45) is 2.20. The number of nitrogens with one attached hydrogen (secondary N) is 1. The van der Waals surface area contributed by atoms with E-state index in [0.717, 1.165) is 12.8 Å². The van der Waals surface area contributed by atoms with Gasteiger partial charge in [-0.05, 0) is 12.8 Å². The number of hydrogen-bond acceptors (Lipinski definition) is 2. The van der Waals surface area contributed by atoms with Crippen LogP contribution in [0.5, 0.6) is 0 Å². The molecule has 1 unspecified atom stereocenters. The van der Waals surface area contributed by atoms with E-state index in [0.29, 0.717) is 25.4 Å². The fourth-order valence-corrected chi connectivity index (χ4v) is 2.08. The fraction of sp³-hybridized carbons (Fsp3) is 0.833. The van der Waals surface area contributed by atoms with Gasteiger partial charge in [-0.25, -0.2) is 0 Å². The average Bonchev–Trinajstić information content (AvgIpc) is 2.37. The summed E-state index contributed by atoms with van der Waals surface area (Å²) in [7, 11) is 0. The van der Waals surface area contributed by atoms with E-state index in [4.69, 9.17) is 11.6 Å². The van der Waals surface area contributed by atoms with Crippen molar-refractivity contribution in [2.75, 3.05) is 19.0 Å². The van der Waals surface area contributed by atoms with E-state index in [-0.39, 0.29) is 23.8 Å². The van der Waals surface area contributed by atoms with Crippen LogP contribution in [-0.2, 0) is 9.59 Å². The first-order chi connectivity index (χ1) is 8.08. The minimum absolute atomic E-state index is 0.0869. The summed E-state index contributed by atoms with van der Waals surface area (Å²) in [4.78, 5) is 25.0. The van der Waals surface area contributed by atoms with Crippen molar-refractivity contribution in [1.29, 1.82) is 0 Å². The number of halogens is 1. The van der Waals surface area contributed by atoms with Gasteiger partial charge in [-0.15, -0.1) is 11.6 Å². The largest absolute Gasteiger partial charge is 0.353 e. The SMILES string of the molecule is CCC(=O)NC1CCN(C(=O)C(C)CCl)CC1. The number of rotatable bonds is 4. The molecule has 0 aromatic heterocycles. The molecule has 0 saturated carbocycles. The van der Waals surface area contributed by atoms with Crippen LogP contribution in [0.1, 0.15) is 33.1 Å². The Hall–Kier alpha value is -0.770. The third-order valence-electron chi connectivity index (χ3n) is 3.15. The molecular formula is C12H21ClN2O2. The molecule has 1 rings (SSSR count). The molecule has 5 heteroatoms. The lowest BCUT2D eigenvalue weighted by Gasteiger charge is -2.33. The molecular weight excluding hydrogens is 240 g/mol. The topological polar surface area (TPSA) is 49.4 Å². The second kappa shape index (κ2) is 6.84. The van der Waals surface area contributed by atoms with E-state index in [1.807, 2.05) is 18.7 Å². The van der Waals surface area contributed by atoms with Gasteiger partial charge < -0.3 is 10.2 Å². The van der Waals surface area contributed by atoms with Crippen molar-refractivity contribution >= 4 is 23.4 Å². The monoisotopic (exact) mass is 260 g/mol. The molecule has 1 atom stereocenters. The van der Waals surface area contributed by atoms with Crippen molar-refractivity contribution in [3.8, 4) is 0 Å². The minimum atomic E-state index is -0.113. The third kappa shape index (κ3) is 4.19. The fourth-order valence-electron chi connectivity index (χ4n) is 1.95. The highest BCUT2D eigenvalue weighted by Crippen LogP contribution is 2.14. The number of carbonyl (C=O) groups excluding carboxylic acids is 2. The molecule has 17 heavy (non-hydrogen) atoms. The molecule has 2 amide bonds. The Bertz CT molecular complexity index is 276. The number of carbonyl (C=O) groups is 2. The molecule has 1 N–H and O–H groups in total. The van der Waals surface area contributed by atoms with E-state index >= 15 is 0 Å². The second-order valence-electron chi connectivity index (χ2n) is 4.58. The van der Waals surface area contributed by atoms with Crippen LogP contribution in [-0.4, -0.2) is 41.7 Å². The Morgan fingerprint density at radius 1 is 1.41 bits per heavy atom. The van der Waals surface area contributed by atoms with E-state index < -0.39 is 0 Å². The molecule has 1 saturated heterocycles. The summed E-state index contributed by atoms with van der Waals surface area (Å²) in [6.45, 7) is 5.12. The first-order valence-corrected chi connectivity index (χ1v) is 6.76. The number of piperidine rings is 1. The van der Waals surface area contributed by atoms with Crippen LogP contribution in [0.4, 0.5) is 0 Å². The minimum Gasteiger partial charge on any atom is -0.353 e. The van der Waals surface area contributed by atoms with Crippen LogP contribution in [0.2, 0.25) is 0 Å². The molecule has 0 spiro atoms. The number of nitrogens with zero attached hydrogens (tertiary/aromatic N) is 1. The molecule has 0 radical (unpaired) electrons. The van der Waals surface area contributed by atoms with Gasteiger partial charge in [0, 0.05) is 37.4 Å². The van der Waals surface area contributed by atoms with Crippen molar-refractivity contribution in [2.45, 2.75) is 39.2 Å². The molecule has 1 aliphatic rings. The lowest BCUT2D eigenvalue weighted by molar-refractivity contribution is -0.135. The second-order valence-corrected chi connectivity index (χ2v) is 4.88. The Morgan fingerprint density at radius 3 is 2.47 bits per heavy atom.